The van der Waals surface area contributed by atoms with Crippen molar-refractivity contribution < 1.29 is 19.0 Å². The van der Waals surface area contributed by atoms with E-state index < -0.39 is 12.0 Å². The highest BCUT2D eigenvalue weighted by Gasteiger charge is 2.35. The van der Waals surface area contributed by atoms with Crippen molar-refractivity contribution in [2.45, 2.75) is 32.9 Å². The van der Waals surface area contributed by atoms with Gasteiger partial charge in [0.1, 0.15) is 18.4 Å². The van der Waals surface area contributed by atoms with Gasteiger partial charge in [0.15, 0.2) is 4.80 Å². The Labute approximate surface area is 230 Å². The molecule has 0 bridgehead atoms. The van der Waals surface area contributed by atoms with E-state index in [1.807, 2.05) is 86.7 Å². The largest absolute Gasteiger partial charge is 0.491 e. The van der Waals surface area contributed by atoms with Crippen molar-refractivity contribution in [3.63, 3.8) is 0 Å². The summed E-state index contributed by atoms with van der Waals surface area (Å²) < 4.78 is 18.8. The van der Waals surface area contributed by atoms with Gasteiger partial charge in [0, 0.05) is 12.7 Å². The van der Waals surface area contributed by atoms with E-state index in [0.717, 1.165) is 16.3 Å². The summed E-state index contributed by atoms with van der Waals surface area (Å²) in [4.78, 5) is 32.7. The van der Waals surface area contributed by atoms with Crippen molar-refractivity contribution in [3.05, 3.63) is 109 Å². The normalized spacial score (nSPS) is 15.4. The highest BCUT2D eigenvalue weighted by atomic mass is 32.1. The Hall–Kier alpha value is -4.01. The molecule has 39 heavy (non-hydrogen) atoms. The van der Waals surface area contributed by atoms with Gasteiger partial charge in [-0.3, -0.25) is 9.36 Å². The number of rotatable bonds is 8. The van der Waals surface area contributed by atoms with Gasteiger partial charge in [-0.1, -0.05) is 72.0 Å². The molecule has 0 unspecified atom stereocenters. The Morgan fingerprint density at radius 2 is 1.79 bits per heavy atom. The summed E-state index contributed by atoms with van der Waals surface area (Å²) in [7, 11) is 1.54. The first kappa shape index (κ1) is 26.6. The molecular weight excluding hydrogens is 512 g/mol. The van der Waals surface area contributed by atoms with Crippen LogP contribution in [0.1, 0.15) is 37.9 Å². The van der Waals surface area contributed by atoms with Crippen LogP contribution in [-0.4, -0.2) is 37.0 Å². The number of ether oxygens (including phenoxy) is 3. The second kappa shape index (κ2) is 11.4. The lowest BCUT2D eigenvalue weighted by atomic mass is 9.95. The summed E-state index contributed by atoms with van der Waals surface area (Å²) in [5, 5.41) is 2.14. The molecular formula is C31H30N2O5S. The number of carbonyl (C=O) groups excluding carboxylic acids is 1. The third kappa shape index (κ3) is 5.30. The average molecular weight is 543 g/mol. The monoisotopic (exact) mass is 542 g/mol. The Morgan fingerprint density at radius 1 is 1.05 bits per heavy atom. The summed E-state index contributed by atoms with van der Waals surface area (Å²) in [5.74, 6) is 0.0546. The maximum atomic E-state index is 14.1. The molecule has 4 aromatic rings. The van der Waals surface area contributed by atoms with Crippen LogP contribution in [0, 0.1) is 0 Å². The highest BCUT2D eigenvalue weighted by Crippen LogP contribution is 2.36. The minimum atomic E-state index is -0.763. The molecule has 0 aliphatic carbocycles. The number of thiazole rings is 1. The molecule has 0 saturated carbocycles. The molecule has 1 aromatic heterocycles. The van der Waals surface area contributed by atoms with Gasteiger partial charge >= 0.3 is 5.97 Å². The summed E-state index contributed by atoms with van der Waals surface area (Å²) in [6.07, 6.45) is 1.80. The number of para-hydroxylation sites is 1. The molecule has 1 atom stereocenters. The molecule has 0 spiro atoms. The maximum absolute atomic E-state index is 14.1. The van der Waals surface area contributed by atoms with Gasteiger partial charge in [-0.25, -0.2) is 9.79 Å². The molecule has 0 saturated heterocycles. The zero-order chi connectivity index (χ0) is 27.5. The molecule has 0 amide bonds. The number of nitrogens with zero attached hydrogens (tertiary/aromatic N) is 2. The van der Waals surface area contributed by atoms with Crippen molar-refractivity contribution in [3.8, 4) is 5.75 Å². The van der Waals surface area contributed by atoms with Gasteiger partial charge in [0.2, 0.25) is 0 Å². The summed E-state index contributed by atoms with van der Waals surface area (Å²) in [5.41, 5.74) is 2.20. The second-order valence-corrected chi connectivity index (χ2v) is 10.5. The van der Waals surface area contributed by atoms with Gasteiger partial charge in [0.05, 0.1) is 28.5 Å². The number of hydrogen-bond acceptors (Lipinski definition) is 7. The van der Waals surface area contributed by atoms with Crippen molar-refractivity contribution in [2.24, 2.45) is 4.99 Å². The first-order valence-electron chi connectivity index (χ1n) is 12.8. The van der Waals surface area contributed by atoms with E-state index in [0.29, 0.717) is 31.9 Å². The Bertz CT molecular complexity index is 1740. The number of carbonyl (C=O) groups is 1. The molecule has 2 heterocycles. The first-order valence-corrected chi connectivity index (χ1v) is 13.6. The zero-order valence-corrected chi connectivity index (χ0v) is 23.2. The maximum Gasteiger partial charge on any atom is 0.338 e. The third-order valence-electron chi connectivity index (χ3n) is 6.45. The molecule has 7 nitrogen and oxygen atoms in total. The van der Waals surface area contributed by atoms with Gasteiger partial charge in [-0.2, -0.15) is 0 Å². The summed E-state index contributed by atoms with van der Waals surface area (Å²) >= 11 is 1.30. The lowest BCUT2D eigenvalue weighted by Crippen LogP contribution is -2.40. The smallest absolute Gasteiger partial charge is 0.338 e. The molecule has 3 aromatic carbocycles. The Morgan fingerprint density at radius 3 is 2.59 bits per heavy atom. The number of fused-ring (bicyclic) bond motifs is 2. The number of aromatic nitrogens is 1. The van der Waals surface area contributed by atoms with Crippen LogP contribution in [0.2, 0.25) is 0 Å². The topological polar surface area (TPSA) is 79.1 Å². The minimum Gasteiger partial charge on any atom is -0.491 e. The Kier molecular flexibility index (Phi) is 7.77. The van der Waals surface area contributed by atoms with Crippen molar-refractivity contribution >= 4 is 34.2 Å². The van der Waals surface area contributed by atoms with Crippen LogP contribution in [0.5, 0.6) is 5.75 Å². The van der Waals surface area contributed by atoms with Crippen LogP contribution in [0.3, 0.4) is 0 Å². The van der Waals surface area contributed by atoms with Gasteiger partial charge in [0.25, 0.3) is 5.56 Å². The average Bonchev–Trinajstić information content (AvgIpc) is 3.22. The fraction of sp³-hybridized carbons (Fsp3) is 0.258. The minimum absolute atomic E-state index is 0.0917. The highest BCUT2D eigenvalue weighted by molar-refractivity contribution is 7.07. The Balaban J connectivity index is 1.72. The van der Waals surface area contributed by atoms with E-state index in [4.69, 9.17) is 19.2 Å². The van der Waals surface area contributed by atoms with Gasteiger partial charge in [-0.05, 0) is 49.2 Å². The molecule has 1 aliphatic rings. The van der Waals surface area contributed by atoms with E-state index >= 15 is 0 Å². The molecule has 1 aliphatic heterocycles. The van der Waals surface area contributed by atoms with Gasteiger partial charge < -0.3 is 14.2 Å². The molecule has 5 rings (SSSR count). The SMILES string of the molecule is COCCOC(=O)C1=C(C)N=c2s/c(=C/c3cccc4ccccc34)c(=O)n2[C@H]1c1ccccc1OC(C)C. The van der Waals surface area contributed by atoms with Crippen LogP contribution < -0.4 is 19.6 Å². The summed E-state index contributed by atoms with van der Waals surface area (Å²) in [6, 6.07) is 20.8. The number of methoxy groups -OCH3 is 1. The van der Waals surface area contributed by atoms with E-state index in [1.54, 1.807) is 18.6 Å². The number of hydrogen-bond donors (Lipinski definition) is 0. The third-order valence-corrected chi connectivity index (χ3v) is 7.43. The quantitative estimate of drug-likeness (QED) is 0.244. The number of esters is 1. The number of benzene rings is 3. The van der Waals surface area contributed by atoms with Crippen molar-refractivity contribution in [2.75, 3.05) is 20.3 Å². The van der Waals surface area contributed by atoms with E-state index in [-0.39, 0.29) is 24.9 Å². The van der Waals surface area contributed by atoms with E-state index in [9.17, 15) is 9.59 Å². The first-order chi connectivity index (χ1) is 18.9. The molecule has 0 fully saturated rings. The van der Waals surface area contributed by atoms with Crippen LogP contribution in [0.15, 0.2) is 87.8 Å². The lowest BCUT2D eigenvalue weighted by Gasteiger charge is -2.27. The molecule has 0 radical (unpaired) electrons. The fourth-order valence-corrected chi connectivity index (χ4v) is 5.80. The van der Waals surface area contributed by atoms with Crippen molar-refractivity contribution in [1.29, 1.82) is 0 Å². The standard InChI is InChI=1S/C31H30N2O5S/c1-19(2)38-25-15-8-7-14-24(25)28-27(30(35)37-17-16-36-4)20(3)32-31-33(28)29(34)26(39-31)18-22-12-9-11-21-10-5-6-13-23(21)22/h5-15,18-19,28H,16-17H2,1-4H3/b26-18+/t28-/m0/s1. The van der Waals surface area contributed by atoms with Crippen LogP contribution in [0.25, 0.3) is 16.8 Å². The van der Waals surface area contributed by atoms with Crippen LogP contribution >= 0.6 is 11.3 Å². The zero-order valence-electron chi connectivity index (χ0n) is 22.3. The fourth-order valence-electron chi connectivity index (χ4n) is 4.76. The predicted octanol–water partition coefficient (Wildman–Crippen LogP) is 4.37. The second-order valence-electron chi connectivity index (χ2n) is 9.48. The number of allylic oxidation sites excluding steroid dienone is 1. The summed E-state index contributed by atoms with van der Waals surface area (Å²) in [6.45, 7) is 6.00. The molecule has 200 valence electrons. The molecule has 8 heteroatoms. The van der Waals surface area contributed by atoms with Crippen LogP contribution in [0.4, 0.5) is 0 Å². The van der Waals surface area contributed by atoms with Crippen LogP contribution in [-0.2, 0) is 14.3 Å². The molecule has 0 N–H and O–H groups in total. The van der Waals surface area contributed by atoms with Crippen molar-refractivity contribution in [1.82, 2.24) is 4.57 Å². The van der Waals surface area contributed by atoms with E-state index in [2.05, 4.69) is 0 Å². The van der Waals surface area contributed by atoms with E-state index in [1.165, 1.54) is 11.3 Å². The predicted molar refractivity (Wildman–Crippen MR) is 153 cm³/mol. The van der Waals surface area contributed by atoms with Gasteiger partial charge in [-0.15, -0.1) is 0 Å². The lowest BCUT2D eigenvalue weighted by molar-refractivity contribution is -0.140.